The number of hydrogen-bond donors (Lipinski definition) is 4. The van der Waals surface area contributed by atoms with Crippen molar-refractivity contribution in [2.24, 2.45) is 5.92 Å². The summed E-state index contributed by atoms with van der Waals surface area (Å²) in [5, 5.41) is 26.0. The molecule has 5 aromatic rings. The molecule has 1 spiro atoms. The van der Waals surface area contributed by atoms with Crippen molar-refractivity contribution in [3.8, 4) is 51.7 Å². The molecular weight excluding hydrogens is 779 g/mol. The number of carbonyl (C=O) groups is 1. The summed E-state index contributed by atoms with van der Waals surface area (Å²) in [7, 11) is 3.52. The number of methoxy groups -OCH3 is 1. The Morgan fingerprint density at radius 3 is 2.68 bits per heavy atom. The van der Waals surface area contributed by atoms with Gasteiger partial charge in [0.2, 0.25) is 0 Å². The number of esters is 1. The number of phenolic OH excluding ortho intramolecular Hbond substituents is 2. The van der Waals surface area contributed by atoms with E-state index in [0.29, 0.717) is 41.6 Å². The second kappa shape index (κ2) is 15.8. The number of anilines is 1. The van der Waals surface area contributed by atoms with Crippen LogP contribution in [0.4, 0.5) is 5.82 Å². The molecule has 1 aromatic heterocycles. The minimum absolute atomic E-state index is 0.0104. The molecule has 5 aliphatic rings. The Bertz CT molecular complexity index is 2700. The summed E-state index contributed by atoms with van der Waals surface area (Å²) in [4.78, 5) is 17.5. The van der Waals surface area contributed by atoms with E-state index in [1.165, 1.54) is 12.5 Å². The van der Waals surface area contributed by atoms with Crippen LogP contribution in [0.15, 0.2) is 78.9 Å². The summed E-state index contributed by atoms with van der Waals surface area (Å²) in [6.07, 6.45) is 8.82. The lowest BCUT2D eigenvalue weighted by atomic mass is 9.64. The van der Waals surface area contributed by atoms with Crippen LogP contribution in [0.1, 0.15) is 101 Å². The van der Waals surface area contributed by atoms with Crippen LogP contribution in [0.3, 0.4) is 0 Å². The van der Waals surface area contributed by atoms with Crippen molar-refractivity contribution in [1.29, 1.82) is 0 Å². The van der Waals surface area contributed by atoms with Crippen LogP contribution in [-0.2, 0) is 34.2 Å². The van der Waals surface area contributed by atoms with E-state index in [-0.39, 0.29) is 53.8 Å². The molecule has 4 aromatic carbocycles. The maximum atomic E-state index is 12.6. The fourth-order valence-corrected chi connectivity index (χ4v) is 11.3. The maximum absolute atomic E-state index is 12.6. The number of phenols is 2. The highest BCUT2D eigenvalue weighted by molar-refractivity contribution is 5.84. The molecule has 1 saturated carbocycles. The predicted molar refractivity (Wildman–Crippen MR) is 238 cm³/mol. The highest BCUT2D eigenvalue weighted by Crippen LogP contribution is 2.64. The van der Waals surface area contributed by atoms with Crippen molar-refractivity contribution in [2.75, 3.05) is 33.1 Å². The van der Waals surface area contributed by atoms with Crippen molar-refractivity contribution >= 4 is 17.9 Å². The number of nitrogens with zero attached hydrogens (tertiary/aromatic N) is 1. The highest BCUT2D eigenvalue weighted by atomic mass is 16.5. The van der Waals surface area contributed by atoms with Gasteiger partial charge in [-0.15, -0.1) is 0 Å². The van der Waals surface area contributed by atoms with Gasteiger partial charge in [-0.3, -0.25) is 4.79 Å². The van der Waals surface area contributed by atoms with Crippen LogP contribution >= 0.6 is 0 Å². The number of rotatable bonds is 7. The lowest BCUT2D eigenvalue weighted by Gasteiger charge is -2.39. The molecule has 4 bridgehead atoms. The number of nitrogen functional groups attached to an aromatic ring is 1. The fourth-order valence-electron chi connectivity index (χ4n) is 11.3. The Morgan fingerprint density at radius 1 is 1.03 bits per heavy atom. The summed E-state index contributed by atoms with van der Waals surface area (Å²) < 4.78 is 25.8. The smallest absolute Gasteiger partial charge is 0.302 e. The van der Waals surface area contributed by atoms with Gasteiger partial charge in [0.05, 0.1) is 19.1 Å². The molecule has 10 nitrogen and oxygen atoms in total. The van der Waals surface area contributed by atoms with Gasteiger partial charge in [-0.05, 0) is 109 Å². The molecule has 0 saturated heterocycles. The van der Waals surface area contributed by atoms with Crippen LogP contribution in [0.25, 0.3) is 17.2 Å². The average molecular weight is 830 g/mol. The van der Waals surface area contributed by atoms with Crippen molar-refractivity contribution in [3.63, 3.8) is 0 Å². The molecule has 5 N–H and O–H groups in total. The Morgan fingerprint density at radius 2 is 1.87 bits per heavy atom. The molecule has 316 valence electrons. The summed E-state index contributed by atoms with van der Waals surface area (Å²) >= 11 is 0. The summed E-state index contributed by atoms with van der Waals surface area (Å²) in [6, 6.07) is 24.2. The van der Waals surface area contributed by atoms with E-state index in [9.17, 15) is 15.0 Å². The number of fused-ring (bicyclic) bond motifs is 9. The zero-order valence-corrected chi connectivity index (χ0v) is 35.3. The van der Waals surface area contributed by atoms with Gasteiger partial charge in [-0.2, -0.15) is 0 Å². The largest absolute Gasteiger partial charge is 0.508 e. The van der Waals surface area contributed by atoms with Gasteiger partial charge in [0.15, 0.2) is 11.5 Å². The SMILES string of the molecule is CNC1C=Cc2c(c(O)cc3c2C2Oc4c(ccc5c4C4(CCC(C4)C(CCc4ccccc4)c4ccc(N)nc4C#CC3)Cc3cc(O)cc(OC)c3-5)C2COC(C)=O)OC1. The number of nitrogens with one attached hydrogen (secondary N) is 1. The summed E-state index contributed by atoms with van der Waals surface area (Å²) in [5.41, 5.74) is 16.4. The molecular formula is C52H51N3O7. The standard InChI is InChI=1S/C52H51N3O7/c1-29(56)60-28-41-38-16-17-39-46-33(22-35(57)24-44(46)59-3)26-52-21-20-32(25-52)36(14-12-30-8-5-4-6-9-30)37-18-19-45(53)55-42(37)11-7-10-31-23-43(58)49-40(15-13-34(54-2)27-61-49)47(31)50(41)62-51(38)48(39)52/h4-6,8-9,13,15-19,22-24,32,34,36,41,50,54,57-58H,10,12,14,20-21,25-28H2,1-3H3,(H2,53,55). The van der Waals surface area contributed by atoms with Crippen LogP contribution in [0.5, 0.6) is 28.7 Å². The summed E-state index contributed by atoms with van der Waals surface area (Å²) in [6.45, 7) is 1.83. The molecule has 10 heteroatoms. The van der Waals surface area contributed by atoms with E-state index in [4.69, 9.17) is 29.7 Å². The molecule has 1 fully saturated rings. The normalized spacial score (nSPS) is 23.6. The zero-order valence-electron chi connectivity index (χ0n) is 35.3. The van der Waals surface area contributed by atoms with Crippen molar-refractivity contribution in [3.05, 3.63) is 129 Å². The van der Waals surface area contributed by atoms with Gasteiger partial charge >= 0.3 is 5.97 Å². The number of aryl methyl sites for hydroxylation is 1. The average Bonchev–Trinajstić information content (AvgIpc) is 3.76. The molecule has 4 heterocycles. The Kier molecular flexibility index (Phi) is 10.1. The number of ether oxygens (including phenoxy) is 4. The van der Waals surface area contributed by atoms with Crippen molar-refractivity contribution < 1.29 is 34.0 Å². The number of aromatic hydroxyl groups is 2. The van der Waals surface area contributed by atoms with Gasteiger partial charge in [-0.25, -0.2) is 4.98 Å². The van der Waals surface area contributed by atoms with E-state index < -0.39 is 12.0 Å². The number of carbonyl (C=O) groups excluding carboxylic acids is 1. The Hall–Kier alpha value is -6.44. The number of nitrogens with two attached hydrogens (primary N) is 1. The van der Waals surface area contributed by atoms with Crippen molar-refractivity contribution in [1.82, 2.24) is 10.3 Å². The van der Waals surface area contributed by atoms with E-state index in [1.54, 1.807) is 19.2 Å². The molecule has 10 rings (SSSR count). The minimum atomic E-state index is -0.636. The first kappa shape index (κ1) is 39.7. The van der Waals surface area contributed by atoms with E-state index in [1.807, 2.05) is 31.3 Å². The topological polar surface area (TPSA) is 145 Å². The molecule has 3 aliphatic heterocycles. The number of benzene rings is 4. The van der Waals surface area contributed by atoms with Crippen LogP contribution in [0, 0.1) is 17.8 Å². The lowest BCUT2D eigenvalue weighted by Crippen LogP contribution is -2.31. The first-order chi connectivity index (χ1) is 30.1. The van der Waals surface area contributed by atoms with E-state index >= 15 is 0 Å². The van der Waals surface area contributed by atoms with Crippen LogP contribution < -0.4 is 25.3 Å². The number of hydrogen-bond acceptors (Lipinski definition) is 10. The van der Waals surface area contributed by atoms with Gasteiger partial charge in [0.1, 0.15) is 48.1 Å². The van der Waals surface area contributed by atoms with Gasteiger partial charge in [0, 0.05) is 52.6 Å². The highest BCUT2D eigenvalue weighted by Gasteiger charge is 2.52. The van der Waals surface area contributed by atoms with E-state index in [2.05, 4.69) is 65.7 Å². The third-order valence-electron chi connectivity index (χ3n) is 14.0. The molecule has 0 amide bonds. The zero-order chi connectivity index (χ0) is 42.7. The van der Waals surface area contributed by atoms with Gasteiger partial charge in [-0.1, -0.05) is 66.6 Å². The summed E-state index contributed by atoms with van der Waals surface area (Å²) in [5.74, 6) is 8.86. The lowest BCUT2D eigenvalue weighted by molar-refractivity contribution is -0.141. The number of pyridine rings is 1. The van der Waals surface area contributed by atoms with Crippen LogP contribution in [-0.4, -0.2) is 54.6 Å². The Labute approximate surface area is 362 Å². The number of aromatic nitrogens is 1. The third-order valence-corrected chi connectivity index (χ3v) is 14.0. The van der Waals surface area contributed by atoms with E-state index in [0.717, 1.165) is 82.4 Å². The second-order valence-electron chi connectivity index (χ2n) is 17.6. The second-order valence-corrected chi connectivity index (χ2v) is 17.6. The molecule has 6 unspecified atom stereocenters. The number of likely N-dealkylation sites (N-methyl/N-ethyl adjacent to an activating group) is 1. The fraction of sp³-hybridized carbons (Fsp3) is 0.346. The molecule has 6 atom stereocenters. The predicted octanol–water partition coefficient (Wildman–Crippen LogP) is 8.44. The molecule has 2 aliphatic carbocycles. The quantitative estimate of drug-likeness (QED) is 0.0932. The minimum Gasteiger partial charge on any atom is -0.508 e. The van der Waals surface area contributed by atoms with Gasteiger partial charge in [0.25, 0.3) is 0 Å². The third kappa shape index (κ3) is 6.80. The van der Waals surface area contributed by atoms with Crippen molar-refractivity contribution in [2.45, 2.75) is 81.3 Å². The molecule has 0 radical (unpaired) electrons. The maximum Gasteiger partial charge on any atom is 0.302 e. The van der Waals surface area contributed by atoms with Gasteiger partial charge < -0.3 is 40.2 Å². The van der Waals surface area contributed by atoms with Crippen LogP contribution in [0.2, 0.25) is 0 Å². The first-order valence-corrected chi connectivity index (χ1v) is 21.7. The monoisotopic (exact) mass is 829 g/mol. The molecule has 62 heavy (non-hydrogen) atoms. The Balaban J connectivity index is 1.24. The first-order valence-electron chi connectivity index (χ1n) is 21.7.